The summed E-state index contributed by atoms with van der Waals surface area (Å²) in [5.74, 6) is -1.19. The predicted molar refractivity (Wildman–Crippen MR) is 53.4 cm³/mol. The van der Waals surface area contributed by atoms with E-state index in [4.69, 9.17) is 14.9 Å². The zero-order chi connectivity index (χ0) is 12.0. The van der Waals surface area contributed by atoms with E-state index in [9.17, 15) is 9.59 Å². The van der Waals surface area contributed by atoms with Crippen molar-refractivity contribution in [3.05, 3.63) is 28.2 Å². The smallest absolute Gasteiger partial charge is 0.356 e. The van der Waals surface area contributed by atoms with Gasteiger partial charge in [0.05, 0.1) is 26.4 Å². The average molecular weight is 228 g/mol. The van der Waals surface area contributed by atoms with Crippen LogP contribution in [-0.4, -0.2) is 45.8 Å². The average Bonchev–Trinajstić information content (AvgIpc) is 2.26. The van der Waals surface area contributed by atoms with Gasteiger partial charge in [-0.05, 0) is 6.07 Å². The van der Waals surface area contributed by atoms with Gasteiger partial charge in [-0.25, -0.2) is 9.48 Å². The number of ether oxygens (including phenoxy) is 1. The topological polar surface area (TPSA) is 102 Å². The fraction of sp³-hybridized carbons (Fsp3) is 0.444. The van der Waals surface area contributed by atoms with Crippen molar-refractivity contribution < 1.29 is 19.7 Å². The third kappa shape index (κ3) is 3.44. The summed E-state index contributed by atoms with van der Waals surface area (Å²) >= 11 is 0. The van der Waals surface area contributed by atoms with Gasteiger partial charge in [0.25, 0.3) is 5.56 Å². The molecule has 0 aliphatic heterocycles. The molecule has 7 nitrogen and oxygen atoms in total. The van der Waals surface area contributed by atoms with Crippen LogP contribution in [0.15, 0.2) is 16.9 Å². The van der Waals surface area contributed by atoms with Crippen LogP contribution in [0, 0.1) is 0 Å². The van der Waals surface area contributed by atoms with E-state index in [1.54, 1.807) is 0 Å². The number of aromatic carboxylic acids is 1. The molecule has 0 unspecified atom stereocenters. The minimum absolute atomic E-state index is 0.0997. The Morgan fingerprint density at radius 1 is 1.44 bits per heavy atom. The summed E-state index contributed by atoms with van der Waals surface area (Å²) in [6.07, 6.45) is 0. The van der Waals surface area contributed by atoms with Crippen molar-refractivity contribution in [2.45, 2.75) is 6.54 Å². The molecule has 1 aromatic rings. The Morgan fingerprint density at radius 2 is 2.19 bits per heavy atom. The number of carboxylic acids is 1. The minimum atomic E-state index is -1.19. The molecule has 7 heteroatoms. The first kappa shape index (κ1) is 12.3. The minimum Gasteiger partial charge on any atom is -0.476 e. The van der Waals surface area contributed by atoms with Gasteiger partial charge >= 0.3 is 5.97 Å². The van der Waals surface area contributed by atoms with E-state index in [2.05, 4.69) is 5.10 Å². The molecule has 2 N–H and O–H groups in total. The predicted octanol–water partition coefficient (Wildman–Crippen LogP) is -1.05. The summed E-state index contributed by atoms with van der Waals surface area (Å²) in [5, 5.41) is 20.7. The van der Waals surface area contributed by atoms with Crippen molar-refractivity contribution >= 4 is 5.97 Å². The Kier molecular flexibility index (Phi) is 4.62. The van der Waals surface area contributed by atoms with Crippen LogP contribution in [0.5, 0.6) is 0 Å². The van der Waals surface area contributed by atoms with Gasteiger partial charge in [-0.1, -0.05) is 0 Å². The number of hydrogen-bond acceptors (Lipinski definition) is 5. The molecule has 0 saturated heterocycles. The summed E-state index contributed by atoms with van der Waals surface area (Å²) in [6.45, 7) is 0.418. The normalized spacial score (nSPS) is 10.3. The maximum atomic E-state index is 11.3. The van der Waals surface area contributed by atoms with Gasteiger partial charge in [-0.15, -0.1) is 0 Å². The standard InChI is InChI=1S/C9H12N2O5/c12-4-6-16-5-3-11-8(13)2-1-7(10-11)9(14)15/h1-2,12H,3-6H2,(H,14,15). The molecule has 1 heterocycles. The molecule has 0 spiro atoms. The highest BCUT2D eigenvalue weighted by molar-refractivity contribution is 5.84. The van der Waals surface area contributed by atoms with Crippen molar-refractivity contribution in [2.24, 2.45) is 0 Å². The summed E-state index contributed by atoms with van der Waals surface area (Å²) in [5.41, 5.74) is -0.584. The van der Waals surface area contributed by atoms with E-state index in [1.165, 1.54) is 0 Å². The number of rotatable bonds is 6. The van der Waals surface area contributed by atoms with Crippen LogP contribution >= 0.6 is 0 Å². The summed E-state index contributed by atoms with van der Waals surface area (Å²) < 4.78 is 5.96. The lowest BCUT2D eigenvalue weighted by atomic mass is 10.4. The highest BCUT2D eigenvalue weighted by Crippen LogP contribution is 1.90. The van der Waals surface area contributed by atoms with Gasteiger partial charge in [-0.2, -0.15) is 5.10 Å². The number of nitrogens with zero attached hydrogens (tertiary/aromatic N) is 2. The second-order valence-corrected chi connectivity index (χ2v) is 2.92. The van der Waals surface area contributed by atoms with Crippen LogP contribution in [0.2, 0.25) is 0 Å². The molecule has 1 aromatic heterocycles. The SMILES string of the molecule is O=C(O)c1ccc(=O)n(CCOCCO)n1. The second kappa shape index (κ2) is 5.99. The van der Waals surface area contributed by atoms with Crippen molar-refractivity contribution in [1.82, 2.24) is 9.78 Å². The van der Waals surface area contributed by atoms with Crippen LogP contribution in [0.3, 0.4) is 0 Å². The largest absolute Gasteiger partial charge is 0.476 e. The number of carbonyl (C=O) groups is 1. The lowest BCUT2D eigenvalue weighted by molar-refractivity contribution is 0.0682. The van der Waals surface area contributed by atoms with E-state index in [1.807, 2.05) is 0 Å². The lowest BCUT2D eigenvalue weighted by Crippen LogP contribution is -2.26. The first-order valence-corrected chi connectivity index (χ1v) is 4.65. The Bertz CT molecular complexity index is 415. The molecule has 0 atom stereocenters. The Balaban J connectivity index is 2.67. The quantitative estimate of drug-likeness (QED) is 0.602. The molecule has 88 valence electrons. The van der Waals surface area contributed by atoms with Crippen molar-refractivity contribution in [3.8, 4) is 0 Å². The number of hydrogen-bond donors (Lipinski definition) is 2. The maximum Gasteiger partial charge on any atom is 0.356 e. The van der Waals surface area contributed by atoms with E-state index in [0.29, 0.717) is 0 Å². The Labute approximate surface area is 90.9 Å². The monoisotopic (exact) mass is 228 g/mol. The van der Waals surface area contributed by atoms with Crippen LogP contribution in [0.4, 0.5) is 0 Å². The molecule has 0 saturated carbocycles. The molecule has 1 rings (SSSR count). The molecule has 0 amide bonds. The molecule has 0 aromatic carbocycles. The summed E-state index contributed by atoms with van der Waals surface area (Å²) in [4.78, 5) is 21.9. The third-order valence-corrected chi connectivity index (χ3v) is 1.77. The number of aliphatic hydroxyl groups is 1. The van der Waals surface area contributed by atoms with Gasteiger partial charge in [0, 0.05) is 6.07 Å². The zero-order valence-electron chi connectivity index (χ0n) is 8.50. The van der Waals surface area contributed by atoms with Gasteiger partial charge < -0.3 is 14.9 Å². The summed E-state index contributed by atoms with van der Waals surface area (Å²) in [6, 6.07) is 2.29. The molecular formula is C9H12N2O5. The fourth-order valence-corrected chi connectivity index (χ4v) is 1.04. The Morgan fingerprint density at radius 3 is 2.81 bits per heavy atom. The van der Waals surface area contributed by atoms with Gasteiger partial charge in [-0.3, -0.25) is 4.79 Å². The van der Waals surface area contributed by atoms with E-state index in [0.717, 1.165) is 16.8 Å². The van der Waals surface area contributed by atoms with Crippen LogP contribution in [0.25, 0.3) is 0 Å². The van der Waals surface area contributed by atoms with E-state index < -0.39 is 11.5 Å². The Hall–Kier alpha value is -1.73. The molecule has 0 aliphatic rings. The second-order valence-electron chi connectivity index (χ2n) is 2.92. The highest BCUT2D eigenvalue weighted by atomic mass is 16.5. The van der Waals surface area contributed by atoms with E-state index in [-0.39, 0.29) is 32.1 Å². The van der Waals surface area contributed by atoms with E-state index >= 15 is 0 Å². The maximum absolute atomic E-state index is 11.3. The zero-order valence-corrected chi connectivity index (χ0v) is 8.50. The van der Waals surface area contributed by atoms with Crippen LogP contribution < -0.4 is 5.56 Å². The van der Waals surface area contributed by atoms with Gasteiger partial charge in [0.15, 0.2) is 5.69 Å². The van der Waals surface area contributed by atoms with Gasteiger partial charge in [0.2, 0.25) is 0 Å². The molecule has 0 fully saturated rings. The number of aliphatic hydroxyl groups excluding tert-OH is 1. The number of carboxylic acid groups (broad SMARTS) is 1. The van der Waals surface area contributed by atoms with Crippen molar-refractivity contribution in [2.75, 3.05) is 19.8 Å². The van der Waals surface area contributed by atoms with Gasteiger partial charge in [0.1, 0.15) is 0 Å². The molecule has 0 bridgehead atoms. The molecule has 16 heavy (non-hydrogen) atoms. The van der Waals surface area contributed by atoms with Crippen LogP contribution in [-0.2, 0) is 11.3 Å². The number of aromatic nitrogens is 2. The molecule has 0 radical (unpaired) electrons. The first-order chi connectivity index (χ1) is 7.65. The first-order valence-electron chi connectivity index (χ1n) is 4.65. The molecular weight excluding hydrogens is 216 g/mol. The summed E-state index contributed by atoms with van der Waals surface area (Å²) in [7, 11) is 0. The lowest BCUT2D eigenvalue weighted by Gasteiger charge is -2.05. The molecule has 0 aliphatic carbocycles. The van der Waals surface area contributed by atoms with Crippen molar-refractivity contribution in [1.29, 1.82) is 0 Å². The fourth-order valence-electron chi connectivity index (χ4n) is 1.04. The third-order valence-electron chi connectivity index (χ3n) is 1.77. The highest BCUT2D eigenvalue weighted by Gasteiger charge is 2.06. The van der Waals surface area contributed by atoms with Crippen molar-refractivity contribution in [3.63, 3.8) is 0 Å². The van der Waals surface area contributed by atoms with Crippen LogP contribution in [0.1, 0.15) is 10.5 Å².